The zero-order chi connectivity index (χ0) is 27.8. The topological polar surface area (TPSA) is 213 Å². The Kier molecular flexibility index (Phi) is 15.8. The molecule has 0 bridgehead atoms. The second kappa shape index (κ2) is 17.6. The number of carboxylic acids is 2. The zero-order valence-electron chi connectivity index (χ0n) is 21.1. The zero-order valence-corrected chi connectivity index (χ0v) is 22.0. The molecule has 1 aliphatic rings. The van der Waals surface area contributed by atoms with Crippen molar-refractivity contribution in [3.63, 3.8) is 0 Å². The van der Waals surface area contributed by atoms with E-state index in [9.17, 15) is 44.1 Å². The van der Waals surface area contributed by atoms with E-state index in [-0.39, 0.29) is 78.7 Å². The van der Waals surface area contributed by atoms with Crippen molar-refractivity contribution in [3.8, 4) is 0 Å². The Morgan fingerprint density at radius 1 is 0.838 bits per heavy atom. The van der Waals surface area contributed by atoms with Crippen LogP contribution in [0.3, 0.4) is 0 Å². The summed E-state index contributed by atoms with van der Waals surface area (Å²) in [6, 6.07) is 0. The number of carbonyl (C=O) groups excluding carboxylic acids is 1. The Morgan fingerprint density at radius 3 is 1.73 bits per heavy atom. The van der Waals surface area contributed by atoms with E-state index >= 15 is 0 Å². The second-order valence-electron chi connectivity index (χ2n) is 8.73. The number of carbonyl (C=O) groups is 3. The number of rotatable bonds is 13. The summed E-state index contributed by atoms with van der Waals surface area (Å²) < 4.78 is 21.2. The van der Waals surface area contributed by atoms with Crippen molar-refractivity contribution in [2.45, 2.75) is 6.10 Å². The van der Waals surface area contributed by atoms with Crippen molar-refractivity contribution in [1.82, 2.24) is 24.9 Å². The number of amides is 1. The normalized spacial score (nSPS) is 18.9. The van der Waals surface area contributed by atoms with Gasteiger partial charge in [-0.2, -0.15) is 0 Å². The van der Waals surface area contributed by atoms with Gasteiger partial charge in [0.05, 0.1) is 25.8 Å². The molecule has 0 radical (unpaired) electrons. The molecule has 17 heteroatoms. The number of alkyl carbamates (subject to hydrolysis) is 1. The molecular formula is C20H40N5O11P. The molecule has 1 rings (SSSR count). The maximum Gasteiger partial charge on any atom is 0.407 e. The Morgan fingerprint density at radius 2 is 1.30 bits per heavy atom. The number of β-amino-alcohol motifs (C(OH)–C–C–N with tert-alkyl or cyclic N) is 1. The van der Waals surface area contributed by atoms with Crippen molar-refractivity contribution in [2.75, 3.05) is 105 Å². The summed E-state index contributed by atoms with van der Waals surface area (Å²) in [6.45, 7) is 1.82. The molecule has 0 aromatic carbocycles. The highest BCUT2D eigenvalue weighted by molar-refractivity contribution is 7.51. The summed E-state index contributed by atoms with van der Waals surface area (Å²) in [5.74, 6) is -2.10. The molecule has 6 N–H and O–H groups in total. The summed E-state index contributed by atoms with van der Waals surface area (Å²) in [5, 5.41) is 31.5. The molecule has 1 saturated heterocycles. The van der Waals surface area contributed by atoms with Crippen molar-refractivity contribution in [2.24, 2.45) is 0 Å². The lowest BCUT2D eigenvalue weighted by molar-refractivity contribution is -0.139. The fourth-order valence-corrected chi connectivity index (χ4v) is 4.50. The van der Waals surface area contributed by atoms with Gasteiger partial charge in [-0.3, -0.25) is 33.8 Å². The number of hydrogen-bond acceptors (Lipinski definition) is 11. The van der Waals surface area contributed by atoms with Crippen molar-refractivity contribution in [3.05, 3.63) is 0 Å². The van der Waals surface area contributed by atoms with Crippen LogP contribution >= 0.6 is 7.60 Å². The molecule has 0 spiro atoms. The lowest BCUT2D eigenvalue weighted by atomic mass is 10.3. The van der Waals surface area contributed by atoms with Gasteiger partial charge in [0, 0.05) is 72.6 Å². The van der Waals surface area contributed by atoms with Gasteiger partial charge in [0.2, 0.25) is 0 Å². The van der Waals surface area contributed by atoms with E-state index in [0.717, 1.165) is 0 Å². The van der Waals surface area contributed by atoms with Gasteiger partial charge in [0.25, 0.3) is 0 Å². The molecule has 1 atom stereocenters. The number of aliphatic hydroxyl groups excluding tert-OH is 1. The van der Waals surface area contributed by atoms with Gasteiger partial charge in [-0.1, -0.05) is 0 Å². The Hall–Kier alpha value is -1.88. The minimum atomic E-state index is -4.38. The first kappa shape index (κ1) is 33.1. The molecule has 0 saturated carbocycles. The average molecular weight is 558 g/mol. The van der Waals surface area contributed by atoms with E-state index < -0.39 is 38.0 Å². The Labute approximate surface area is 215 Å². The van der Waals surface area contributed by atoms with E-state index in [1.165, 1.54) is 12.0 Å². The van der Waals surface area contributed by atoms with Crippen LogP contribution in [0.1, 0.15) is 0 Å². The number of aliphatic hydroxyl groups is 1. The third kappa shape index (κ3) is 17.3. The average Bonchev–Trinajstić information content (AvgIpc) is 2.78. The molecule has 37 heavy (non-hydrogen) atoms. The number of nitrogens with zero attached hydrogens (tertiary/aromatic N) is 4. The molecule has 1 aliphatic heterocycles. The SMILES string of the molecule is COCCOC(=O)NCC(O)CN1CCN(CC(=O)O)CCN(CP(=O)(O)O)CCN(CC(=O)O)CC1. The van der Waals surface area contributed by atoms with Crippen molar-refractivity contribution >= 4 is 25.6 Å². The van der Waals surface area contributed by atoms with Crippen LogP contribution in [-0.4, -0.2) is 174 Å². The molecule has 0 aliphatic carbocycles. The molecule has 1 amide bonds. The largest absolute Gasteiger partial charge is 0.480 e. The van der Waals surface area contributed by atoms with Gasteiger partial charge in [-0.05, 0) is 0 Å². The number of nitrogens with one attached hydrogen (secondary N) is 1. The summed E-state index contributed by atoms with van der Waals surface area (Å²) >= 11 is 0. The van der Waals surface area contributed by atoms with E-state index in [2.05, 4.69) is 5.32 Å². The number of hydrogen-bond donors (Lipinski definition) is 6. The van der Waals surface area contributed by atoms with Gasteiger partial charge in [0.15, 0.2) is 0 Å². The fraction of sp³-hybridized carbons (Fsp3) is 0.850. The van der Waals surface area contributed by atoms with Gasteiger partial charge in [0.1, 0.15) is 12.9 Å². The highest BCUT2D eigenvalue weighted by atomic mass is 31.2. The molecule has 0 aromatic heterocycles. The van der Waals surface area contributed by atoms with Gasteiger partial charge < -0.3 is 39.9 Å². The van der Waals surface area contributed by atoms with Crippen LogP contribution in [0, 0.1) is 0 Å². The lowest BCUT2D eigenvalue weighted by Crippen LogP contribution is -2.49. The molecule has 1 fully saturated rings. The molecular weight excluding hydrogens is 517 g/mol. The molecule has 216 valence electrons. The first-order valence-corrected chi connectivity index (χ1v) is 13.6. The Bertz CT molecular complexity index is 724. The monoisotopic (exact) mass is 557 g/mol. The number of methoxy groups -OCH3 is 1. The van der Waals surface area contributed by atoms with E-state index in [1.807, 2.05) is 4.90 Å². The van der Waals surface area contributed by atoms with E-state index in [1.54, 1.807) is 9.80 Å². The third-order valence-electron chi connectivity index (χ3n) is 5.50. The lowest BCUT2D eigenvalue weighted by Gasteiger charge is -2.34. The summed E-state index contributed by atoms with van der Waals surface area (Å²) in [7, 11) is -2.91. The van der Waals surface area contributed by atoms with Crippen molar-refractivity contribution in [1.29, 1.82) is 0 Å². The predicted molar refractivity (Wildman–Crippen MR) is 130 cm³/mol. The maximum atomic E-state index is 11.7. The van der Waals surface area contributed by atoms with Crippen LogP contribution in [0.25, 0.3) is 0 Å². The minimum Gasteiger partial charge on any atom is -0.480 e. The van der Waals surface area contributed by atoms with Crippen LogP contribution < -0.4 is 5.32 Å². The van der Waals surface area contributed by atoms with Crippen molar-refractivity contribution < 1.29 is 53.5 Å². The predicted octanol–water partition coefficient (Wildman–Crippen LogP) is -2.75. The first-order valence-electron chi connectivity index (χ1n) is 11.8. The third-order valence-corrected chi connectivity index (χ3v) is 6.27. The van der Waals surface area contributed by atoms with Crippen LogP contribution in [0.4, 0.5) is 4.79 Å². The quantitative estimate of drug-likeness (QED) is 0.100. The fourth-order valence-electron chi connectivity index (χ4n) is 3.69. The van der Waals surface area contributed by atoms with Crippen LogP contribution in [0.2, 0.25) is 0 Å². The number of carboxylic acid groups (broad SMARTS) is 2. The van der Waals surface area contributed by atoms with Crippen LogP contribution in [-0.2, 0) is 23.6 Å². The number of ether oxygens (including phenoxy) is 2. The molecule has 1 unspecified atom stereocenters. The first-order chi connectivity index (χ1) is 17.4. The van der Waals surface area contributed by atoms with Crippen LogP contribution in [0.5, 0.6) is 0 Å². The Balaban J connectivity index is 2.86. The maximum absolute atomic E-state index is 11.7. The molecule has 0 aromatic rings. The summed E-state index contributed by atoms with van der Waals surface area (Å²) in [5.41, 5.74) is 0. The minimum absolute atomic E-state index is 0.0645. The summed E-state index contributed by atoms with van der Waals surface area (Å²) in [6.07, 6.45) is -2.19. The second-order valence-corrected chi connectivity index (χ2v) is 10.3. The molecule has 16 nitrogen and oxygen atoms in total. The molecule has 1 heterocycles. The number of aliphatic carboxylic acids is 2. The van der Waals surface area contributed by atoms with E-state index in [0.29, 0.717) is 13.1 Å². The van der Waals surface area contributed by atoms with Crippen LogP contribution in [0.15, 0.2) is 0 Å². The summed E-state index contributed by atoms with van der Waals surface area (Å²) in [4.78, 5) is 59.8. The van der Waals surface area contributed by atoms with E-state index in [4.69, 9.17) is 9.47 Å². The van der Waals surface area contributed by atoms with Gasteiger partial charge in [-0.25, -0.2) is 4.79 Å². The smallest absolute Gasteiger partial charge is 0.407 e. The standard InChI is InChI=1S/C20H40N5O11P/c1-35-10-11-36-20(31)21-12-17(26)13-22-2-4-23(14-18(27)28)6-8-25(16-37(32,33)34)9-7-24(5-3-22)15-19(29)30/h17,26H,2-16H2,1H3,(H,21,31)(H,27,28)(H,29,30)(H2,32,33,34). The highest BCUT2D eigenvalue weighted by Crippen LogP contribution is 2.34. The van der Waals surface area contributed by atoms with Gasteiger partial charge in [-0.15, -0.1) is 0 Å². The highest BCUT2D eigenvalue weighted by Gasteiger charge is 2.24. The van der Waals surface area contributed by atoms with Gasteiger partial charge >= 0.3 is 25.6 Å².